The molecule has 0 radical (unpaired) electrons. The van der Waals surface area contributed by atoms with Crippen molar-refractivity contribution in [3.8, 4) is 0 Å². The van der Waals surface area contributed by atoms with Gasteiger partial charge in [-0.3, -0.25) is 0 Å². The molecule has 1 N–H and O–H groups in total. The van der Waals surface area contributed by atoms with E-state index < -0.39 is 0 Å². The van der Waals surface area contributed by atoms with E-state index in [1.165, 1.54) is 13.0 Å². The molecule has 1 aromatic rings. The molecule has 0 aromatic carbocycles. The van der Waals surface area contributed by atoms with Crippen LogP contribution in [0.25, 0.3) is 0 Å². The molecular formula is C13H23N3O2. The van der Waals surface area contributed by atoms with Gasteiger partial charge in [0, 0.05) is 13.2 Å². The zero-order chi connectivity index (χ0) is 12.8. The molecule has 0 spiro atoms. The van der Waals surface area contributed by atoms with Crippen molar-refractivity contribution in [2.45, 2.75) is 44.9 Å². The Morgan fingerprint density at radius 2 is 2.28 bits per heavy atom. The van der Waals surface area contributed by atoms with E-state index in [4.69, 9.17) is 9.63 Å². The van der Waals surface area contributed by atoms with Crippen LogP contribution in [-0.4, -0.2) is 46.4 Å². The summed E-state index contributed by atoms with van der Waals surface area (Å²) in [5.74, 6) is 1.93. The highest BCUT2D eigenvalue weighted by Gasteiger charge is 2.25. The Bertz CT molecular complexity index is 354. The van der Waals surface area contributed by atoms with Gasteiger partial charge in [-0.25, -0.2) is 0 Å². The molecule has 2 heterocycles. The molecule has 1 unspecified atom stereocenters. The summed E-state index contributed by atoms with van der Waals surface area (Å²) in [5.41, 5.74) is 0. The smallest absolute Gasteiger partial charge is 0.231 e. The van der Waals surface area contributed by atoms with Gasteiger partial charge < -0.3 is 14.5 Å². The highest BCUT2D eigenvalue weighted by atomic mass is 16.5. The van der Waals surface area contributed by atoms with Crippen molar-refractivity contribution in [2.75, 3.05) is 26.2 Å². The minimum absolute atomic E-state index is 0.309. The summed E-state index contributed by atoms with van der Waals surface area (Å²) in [6.45, 7) is 5.49. The number of likely N-dealkylation sites (tertiary alicyclic amines) is 1. The number of aliphatic hydroxyl groups is 1. The van der Waals surface area contributed by atoms with E-state index in [0.717, 1.165) is 50.5 Å². The van der Waals surface area contributed by atoms with Crippen LogP contribution in [0.4, 0.5) is 0 Å². The highest BCUT2D eigenvalue weighted by molar-refractivity contribution is 4.96. The molecular weight excluding hydrogens is 230 g/mol. The van der Waals surface area contributed by atoms with Crippen LogP contribution in [-0.2, 0) is 0 Å². The van der Waals surface area contributed by atoms with Gasteiger partial charge in [0.25, 0.3) is 0 Å². The lowest BCUT2D eigenvalue weighted by atomic mass is 9.97. The minimum Gasteiger partial charge on any atom is -0.396 e. The average molecular weight is 253 g/mol. The fraction of sp³-hybridized carbons (Fsp3) is 0.846. The Hall–Kier alpha value is -0.940. The molecule has 1 fully saturated rings. The number of aryl methyl sites for hydroxylation is 1. The van der Waals surface area contributed by atoms with E-state index in [1.54, 1.807) is 0 Å². The van der Waals surface area contributed by atoms with Gasteiger partial charge in [-0.1, -0.05) is 5.16 Å². The summed E-state index contributed by atoms with van der Waals surface area (Å²) < 4.78 is 5.27. The molecule has 18 heavy (non-hydrogen) atoms. The Labute approximate surface area is 108 Å². The standard InChI is InChI=1S/C13H23N3O2/c1-11-14-13(18-15-11)12-6-5-8-16(10-12)7-3-2-4-9-17/h12,17H,2-10H2,1H3. The number of rotatable bonds is 6. The van der Waals surface area contributed by atoms with Crippen LogP contribution in [0.5, 0.6) is 0 Å². The third kappa shape index (κ3) is 3.78. The third-order valence-electron chi connectivity index (χ3n) is 3.53. The Morgan fingerprint density at radius 3 is 3.00 bits per heavy atom. The molecule has 5 nitrogen and oxygen atoms in total. The molecule has 5 heteroatoms. The molecule has 1 aliphatic heterocycles. The van der Waals surface area contributed by atoms with E-state index >= 15 is 0 Å². The number of piperidine rings is 1. The maximum Gasteiger partial charge on any atom is 0.231 e. The zero-order valence-electron chi connectivity index (χ0n) is 11.1. The second kappa shape index (κ2) is 6.85. The van der Waals surface area contributed by atoms with Crippen LogP contribution < -0.4 is 0 Å². The first kappa shape index (κ1) is 13.5. The van der Waals surface area contributed by atoms with Crippen LogP contribution >= 0.6 is 0 Å². The van der Waals surface area contributed by atoms with Crippen LogP contribution in [0.3, 0.4) is 0 Å². The zero-order valence-corrected chi connectivity index (χ0v) is 11.1. The van der Waals surface area contributed by atoms with E-state index in [1.807, 2.05) is 6.92 Å². The van der Waals surface area contributed by atoms with Gasteiger partial charge in [0.05, 0.1) is 5.92 Å². The fourth-order valence-electron chi connectivity index (χ4n) is 2.56. The summed E-state index contributed by atoms with van der Waals surface area (Å²) in [5, 5.41) is 12.6. The van der Waals surface area contributed by atoms with E-state index in [2.05, 4.69) is 15.0 Å². The summed E-state index contributed by atoms with van der Waals surface area (Å²) >= 11 is 0. The van der Waals surface area contributed by atoms with Crippen LogP contribution in [0, 0.1) is 6.92 Å². The van der Waals surface area contributed by atoms with Crippen LogP contribution in [0.15, 0.2) is 4.52 Å². The predicted molar refractivity (Wildman–Crippen MR) is 68.4 cm³/mol. The van der Waals surface area contributed by atoms with Crippen LogP contribution in [0.1, 0.15) is 49.7 Å². The van der Waals surface area contributed by atoms with Gasteiger partial charge in [-0.05, 0) is 52.1 Å². The normalized spacial score (nSPS) is 21.3. The highest BCUT2D eigenvalue weighted by Crippen LogP contribution is 2.25. The van der Waals surface area contributed by atoms with Gasteiger partial charge in [0.1, 0.15) is 0 Å². The Balaban J connectivity index is 1.77. The summed E-state index contributed by atoms with van der Waals surface area (Å²) in [4.78, 5) is 6.82. The lowest BCUT2D eigenvalue weighted by Gasteiger charge is -2.30. The maximum absolute atomic E-state index is 8.76. The van der Waals surface area contributed by atoms with Gasteiger partial charge in [0.15, 0.2) is 5.82 Å². The molecule has 0 aliphatic carbocycles. The Morgan fingerprint density at radius 1 is 1.39 bits per heavy atom. The molecule has 0 amide bonds. The molecule has 2 rings (SSSR count). The molecule has 1 aliphatic rings. The summed E-state index contributed by atoms with van der Waals surface area (Å²) in [6.07, 6.45) is 5.54. The largest absolute Gasteiger partial charge is 0.396 e. The molecule has 102 valence electrons. The van der Waals surface area contributed by atoms with Crippen molar-refractivity contribution >= 4 is 0 Å². The van der Waals surface area contributed by atoms with E-state index in [-0.39, 0.29) is 0 Å². The second-order valence-corrected chi connectivity index (χ2v) is 5.10. The molecule has 0 saturated carbocycles. The first-order valence-corrected chi connectivity index (χ1v) is 6.93. The van der Waals surface area contributed by atoms with E-state index in [0.29, 0.717) is 12.5 Å². The number of nitrogens with zero attached hydrogens (tertiary/aromatic N) is 3. The summed E-state index contributed by atoms with van der Waals surface area (Å²) in [7, 11) is 0. The van der Waals surface area contributed by atoms with Gasteiger partial charge in [-0.15, -0.1) is 0 Å². The van der Waals surface area contributed by atoms with Crippen molar-refractivity contribution in [1.82, 2.24) is 15.0 Å². The first-order chi connectivity index (χ1) is 8.79. The molecule has 0 bridgehead atoms. The second-order valence-electron chi connectivity index (χ2n) is 5.10. The third-order valence-corrected chi connectivity index (χ3v) is 3.53. The van der Waals surface area contributed by atoms with Gasteiger partial charge in [0.2, 0.25) is 5.89 Å². The molecule has 1 aromatic heterocycles. The molecule has 1 atom stereocenters. The monoisotopic (exact) mass is 253 g/mol. The predicted octanol–water partition coefficient (Wildman–Crippen LogP) is 1.72. The fourth-order valence-corrected chi connectivity index (χ4v) is 2.56. The topological polar surface area (TPSA) is 62.4 Å². The quantitative estimate of drug-likeness (QED) is 0.782. The van der Waals surface area contributed by atoms with Crippen molar-refractivity contribution < 1.29 is 9.63 Å². The lowest BCUT2D eigenvalue weighted by molar-refractivity contribution is 0.182. The average Bonchev–Trinajstić information content (AvgIpc) is 2.82. The Kier molecular flexibility index (Phi) is 5.13. The maximum atomic E-state index is 8.76. The first-order valence-electron chi connectivity index (χ1n) is 6.93. The molecule has 1 saturated heterocycles. The van der Waals surface area contributed by atoms with Crippen molar-refractivity contribution in [3.05, 3.63) is 11.7 Å². The number of aromatic nitrogens is 2. The van der Waals surface area contributed by atoms with Gasteiger partial charge in [-0.2, -0.15) is 4.98 Å². The lowest BCUT2D eigenvalue weighted by Crippen LogP contribution is -2.35. The van der Waals surface area contributed by atoms with Crippen molar-refractivity contribution in [1.29, 1.82) is 0 Å². The van der Waals surface area contributed by atoms with Crippen molar-refractivity contribution in [2.24, 2.45) is 0 Å². The minimum atomic E-state index is 0.309. The number of hydrogen-bond donors (Lipinski definition) is 1. The van der Waals surface area contributed by atoms with Gasteiger partial charge >= 0.3 is 0 Å². The van der Waals surface area contributed by atoms with Crippen molar-refractivity contribution in [3.63, 3.8) is 0 Å². The number of unbranched alkanes of at least 4 members (excludes halogenated alkanes) is 2. The number of hydrogen-bond acceptors (Lipinski definition) is 5. The summed E-state index contributed by atoms with van der Waals surface area (Å²) in [6, 6.07) is 0. The van der Waals surface area contributed by atoms with Crippen LogP contribution in [0.2, 0.25) is 0 Å². The SMILES string of the molecule is Cc1noc(C2CCCN(CCCCCO)C2)n1. The van der Waals surface area contributed by atoms with E-state index in [9.17, 15) is 0 Å². The number of aliphatic hydroxyl groups excluding tert-OH is 1.